The first kappa shape index (κ1) is 42.9. The molecule has 2 bridgehead atoms. The van der Waals surface area contributed by atoms with Gasteiger partial charge in [-0.05, 0) is 147 Å². The zero-order chi connectivity index (χ0) is 45.9. The minimum atomic E-state index is 0.0473. The summed E-state index contributed by atoms with van der Waals surface area (Å²) in [6.07, 6.45) is 30.2. The number of pyridine rings is 2. The highest BCUT2D eigenvalue weighted by Crippen LogP contribution is 2.43. The van der Waals surface area contributed by atoms with Gasteiger partial charge in [0.25, 0.3) is 0 Å². The highest BCUT2D eigenvalue weighted by atomic mass is 16.5. The monoisotopic (exact) mass is 860 g/mol. The molecule has 7 aromatic rings. The number of hydrogen-bond donors (Lipinski definition) is 2. The molecule has 7 nitrogen and oxygen atoms in total. The summed E-state index contributed by atoms with van der Waals surface area (Å²) in [6, 6.07) is 31.4. The van der Waals surface area contributed by atoms with Crippen LogP contribution in [0, 0.1) is 0 Å². The summed E-state index contributed by atoms with van der Waals surface area (Å²) >= 11 is 0. The SMILES string of the molecule is C=C/C=C\c1c(N)c2cc(C(C)/C(=C\C=C/C)c3ccccn3)ccc2n1-c1ccc2c(c1)C1=C=C(C=CC(n3c(/C=C\C)c(N)c4cc(C(=C/C)/C(=C\C)c5ccccn5)ccc43)=C1)O2. The second-order valence-corrected chi connectivity index (χ2v) is 16.2. The van der Waals surface area contributed by atoms with Crippen molar-refractivity contribution in [1.82, 2.24) is 19.1 Å². The molecule has 0 saturated heterocycles. The number of anilines is 2. The first-order chi connectivity index (χ1) is 32.3. The fraction of sp³-hybridized carbons (Fsp3) is 0.102. The Morgan fingerprint density at radius 1 is 0.727 bits per heavy atom. The largest absolute Gasteiger partial charge is 0.448 e. The van der Waals surface area contributed by atoms with Gasteiger partial charge in [0, 0.05) is 57.2 Å². The van der Waals surface area contributed by atoms with Crippen molar-refractivity contribution in [2.75, 3.05) is 11.5 Å². The molecule has 0 spiro atoms. The lowest BCUT2D eigenvalue weighted by Gasteiger charge is -2.18. The van der Waals surface area contributed by atoms with Crippen LogP contribution in [0.25, 0.3) is 67.6 Å². The van der Waals surface area contributed by atoms with Crippen molar-refractivity contribution in [2.45, 2.75) is 40.5 Å². The number of aromatic nitrogens is 4. The van der Waals surface area contributed by atoms with Crippen LogP contribution in [-0.4, -0.2) is 19.1 Å². The smallest absolute Gasteiger partial charge is 0.170 e. The number of fused-ring (bicyclic) bond motifs is 4. The summed E-state index contributed by atoms with van der Waals surface area (Å²) in [7, 11) is 0. The van der Waals surface area contributed by atoms with Gasteiger partial charge < -0.3 is 25.3 Å². The molecule has 66 heavy (non-hydrogen) atoms. The van der Waals surface area contributed by atoms with Gasteiger partial charge in [-0.25, -0.2) is 0 Å². The third kappa shape index (κ3) is 7.72. The van der Waals surface area contributed by atoms with Crippen LogP contribution < -0.4 is 16.2 Å². The molecule has 1 aliphatic carbocycles. The second-order valence-electron chi connectivity index (χ2n) is 16.2. The van der Waals surface area contributed by atoms with Crippen molar-refractivity contribution in [3.05, 3.63) is 228 Å². The van der Waals surface area contributed by atoms with Crippen LogP contribution in [-0.2, 0) is 0 Å². The topological polar surface area (TPSA) is 96.9 Å². The zero-order valence-corrected chi connectivity index (χ0v) is 38.0. The summed E-state index contributed by atoms with van der Waals surface area (Å²) in [5, 5.41) is 1.92. The van der Waals surface area contributed by atoms with Crippen LogP contribution in [0.1, 0.15) is 80.0 Å². The number of ether oxygens (including phenoxy) is 1. The summed E-state index contributed by atoms with van der Waals surface area (Å²) in [4.78, 5) is 9.36. The Hall–Kier alpha value is -8.38. The average Bonchev–Trinajstić information content (AvgIpc) is 3.71. The van der Waals surface area contributed by atoms with Gasteiger partial charge in [-0.3, -0.25) is 9.97 Å². The van der Waals surface area contributed by atoms with Gasteiger partial charge in [0.1, 0.15) is 5.75 Å². The first-order valence-corrected chi connectivity index (χ1v) is 22.3. The molecule has 2 aliphatic rings. The summed E-state index contributed by atoms with van der Waals surface area (Å²) in [5.74, 6) is 1.42. The maximum Gasteiger partial charge on any atom is 0.170 e. The van der Waals surface area contributed by atoms with Gasteiger partial charge in [-0.2, -0.15) is 0 Å². The van der Waals surface area contributed by atoms with Crippen LogP contribution >= 0.6 is 0 Å². The normalized spacial score (nSPS) is 14.7. The third-order valence-electron chi connectivity index (χ3n) is 12.3. The highest BCUT2D eigenvalue weighted by Gasteiger charge is 2.24. The molecule has 1 aliphatic heterocycles. The number of nitrogens with zero attached hydrogens (tertiary/aromatic N) is 4. The van der Waals surface area contributed by atoms with E-state index in [1.54, 1.807) is 6.08 Å². The van der Waals surface area contributed by atoms with E-state index in [-0.39, 0.29) is 5.92 Å². The lowest BCUT2D eigenvalue weighted by molar-refractivity contribution is 0.441. The molecule has 0 amide bonds. The fourth-order valence-electron chi connectivity index (χ4n) is 9.12. The van der Waals surface area contributed by atoms with Crippen molar-refractivity contribution in [1.29, 1.82) is 0 Å². The van der Waals surface area contributed by atoms with E-state index in [4.69, 9.17) is 21.2 Å². The van der Waals surface area contributed by atoms with E-state index >= 15 is 0 Å². The van der Waals surface area contributed by atoms with E-state index < -0.39 is 0 Å². The van der Waals surface area contributed by atoms with Crippen molar-refractivity contribution in [3.8, 4) is 11.4 Å². The molecule has 4 aromatic heterocycles. The minimum absolute atomic E-state index is 0.0473. The van der Waals surface area contributed by atoms with Gasteiger partial charge in [0.2, 0.25) is 0 Å². The van der Waals surface area contributed by atoms with Crippen molar-refractivity contribution < 1.29 is 4.74 Å². The predicted octanol–water partition coefficient (Wildman–Crippen LogP) is 14.4. The van der Waals surface area contributed by atoms with Crippen molar-refractivity contribution in [2.24, 2.45) is 0 Å². The molecule has 4 N–H and O–H groups in total. The molecular formula is C59H52N6O. The zero-order valence-electron chi connectivity index (χ0n) is 38.0. The molecule has 324 valence electrons. The van der Waals surface area contributed by atoms with E-state index in [2.05, 4.69) is 137 Å². The standard InChI is InChI=1S/C59H52N6O/c1-7-12-19-47(52-21-15-17-32-63-52)38(6)39-23-28-53-49(35-39)59(61)56(22-13-8-2)65(53)43-26-30-57-48(37-43)41-33-42(25-27-44(34-41)66-57)64-54-29-24-40(36-50(54)58(60)55(64)18-9-3)45(10-4)46(11-5)51-20-14-16-31-62-51/h7-33,35-38H,2,60-61H2,1,3-6H3/b12-7-,18-9-,22-13-,45-10-,46-11+,47-19+. The Morgan fingerprint density at radius 3 is 2.14 bits per heavy atom. The van der Waals surface area contributed by atoms with Gasteiger partial charge in [0.15, 0.2) is 5.76 Å². The van der Waals surface area contributed by atoms with Gasteiger partial charge in [-0.1, -0.05) is 92.1 Å². The lowest BCUT2D eigenvalue weighted by atomic mass is 9.89. The van der Waals surface area contributed by atoms with E-state index in [0.717, 1.165) is 101 Å². The number of hydrogen-bond acceptors (Lipinski definition) is 5. The molecule has 0 saturated carbocycles. The molecule has 7 heteroatoms. The van der Waals surface area contributed by atoms with Crippen molar-refractivity contribution in [3.63, 3.8) is 0 Å². The molecule has 1 unspecified atom stereocenters. The summed E-state index contributed by atoms with van der Waals surface area (Å²) in [5.41, 5.74) is 33.8. The molecule has 9 rings (SSSR count). The first-order valence-electron chi connectivity index (χ1n) is 22.3. The van der Waals surface area contributed by atoms with E-state index in [0.29, 0.717) is 17.1 Å². The fourth-order valence-corrected chi connectivity index (χ4v) is 9.12. The Balaban J connectivity index is 1.14. The predicted molar refractivity (Wildman–Crippen MR) is 279 cm³/mol. The van der Waals surface area contributed by atoms with E-state index in [9.17, 15) is 0 Å². The highest BCUT2D eigenvalue weighted by molar-refractivity contribution is 6.08. The molecule has 5 heterocycles. The van der Waals surface area contributed by atoms with Crippen LogP contribution in [0.2, 0.25) is 0 Å². The number of allylic oxidation sites excluding steroid dienone is 15. The van der Waals surface area contributed by atoms with Gasteiger partial charge in [0.05, 0.1) is 45.2 Å². The maximum absolute atomic E-state index is 7.11. The average molecular weight is 861 g/mol. The lowest BCUT2D eigenvalue weighted by Crippen LogP contribution is -2.03. The number of benzene rings is 3. The Kier molecular flexibility index (Phi) is 11.9. The number of nitrogens with two attached hydrogens (primary N) is 2. The Labute approximate surface area is 386 Å². The minimum Gasteiger partial charge on any atom is -0.448 e. The second kappa shape index (κ2) is 18.4. The van der Waals surface area contributed by atoms with Crippen LogP contribution in [0.15, 0.2) is 188 Å². The molecule has 1 atom stereocenters. The summed E-state index contributed by atoms with van der Waals surface area (Å²) < 4.78 is 10.9. The van der Waals surface area contributed by atoms with Crippen LogP contribution in [0.4, 0.5) is 11.4 Å². The molecule has 3 aromatic carbocycles. The Morgan fingerprint density at radius 2 is 1.44 bits per heavy atom. The van der Waals surface area contributed by atoms with E-state index in [1.807, 2.05) is 99.9 Å². The number of nitrogen functional groups attached to an aromatic ring is 2. The maximum atomic E-state index is 7.11. The number of rotatable bonds is 12. The Bertz CT molecular complexity index is 3390. The molecular weight excluding hydrogens is 809 g/mol. The third-order valence-corrected chi connectivity index (χ3v) is 12.3. The summed E-state index contributed by atoms with van der Waals surface area (Å²) in [6.45, 7) is 14.3. The molecule has 0 fully saturated rings. The van der Waals surface area contributed by atoms with E-state index in [1.165, 1.54) is 0 Å². The van der Waals surface area contributed by atoms with Crippen LogP contribution in [0.5, 0.6) is 5.75 Å². The van der Waals surface area contributed by atoms with Gasteiger partial charge >= 0.3 is 0 Å². The quantitative estimate of drug-likeness (QED) is 0.0942. The van der Waals surface area contributed by atoms with Crippen LogP contribution in [0.3, 0.4) is 0 Å². The van der Waals surface area contributed by atoms with Gasteiger partial charge in [-0.15, -0.1) is 0 Å². The van der Waals surface area contributed by atoms with Crippen molar-refractivity contribution >= 4 is 73.3 Å². The molecule has 0 radical (unpaired) electrons.